The van der Waals surface area contributed by atoms with Gasteiger partial charge in [-0.15, -0.1) is 0 Å². The lowest BCUT2D eigenvalue weighted by atomic mass is 9.84. The molecule has 0 bridgehead atoms. The van der Waals surface area contributed by atoms with Gasteiger partial charge in [0.25, 0.3) is 5.91 Å². The molecule has 14 heteroatoms. The second kappa shape index (κ2) is 9.78. The summed E-state index contributed by atoms with van der Waals surface area (Å²) < 4.78 is 76.5. The van der Waals surface area contributed by atoms with E-state index in [2.05, 4.69) is 20.0 Å². The number of halogens is 5. The fourth-order valence-corrected chi connectivity index (χ4v) is 6.19. The van der Waals surface area contributed by atoms with Crippen LogP contribution in [0.15, 0.2) is 34.2 Å². The molecule has 1 fully saturated rings. The summed E-state index contributed by atoms with van der Waals surface area (Å²) in [4.78, 5) is 22.3. The lowest BCUT2D eigenvalue weighted by Crippen LogP contribution is -2.40. The molecule has 1 aliphatic carbocycles. The number of nitrogens with zero attached hydrogens (tertiary/aromatic N) is 3. The smallest absolute Gasteiger partial charge is 0.422 e. The molecule has 0 spiro atoms. The molecule has 0 aromatic heterocycles. The zero-order chi connectivity index (χ0) is 27.2. The zero-order valence-corrected chi connectivity index (χ0v) is 21.1. The Labute approximate surface area is 214 Å². The summed E-state index contributed by atoms with van der Waals surface area (Å²) >= 11 is 1.38. The van der Waals surface area contributed by atoms with E-state index in [4.69, 9.17) is 10.5 Å². The maximum atomic E-state index is 15.0. The van der Waals surface area contributed by atoms with Gasteiger partial charge in [-0.1, -0.05) is 11.8 Å². The van der Waals surface area contributed by atoms with Crippen LogP contribution >= 0.6 is 11.8 Å². The Morgan fingerprint density at radius 1 is 1.35 bits per heavy atom. The second-order valence-electron chi connectivity index (χ2n) is 9.38. The number of methoxy groups -OCH3 is 1. The zero-order valence-electron chi connectivity index (χ0n) is 20.3. The Balaban J connectivity index is 1.49. The molecular formula is C23H26F5N5O3S. The van der Waals surface area contributed by atoms with Gasteiger partial charge < -0.3 is 25.4 Å². The average Bonchev–Trinajstić information content (AvgIpc) is 3.52. The Hall–Kier alpha value is -2.87. The van der Waals surface area contributed by atoms with E-state index < -0.39 is 35.9 Å². The first kappa shape index (κ1) is 27.2. The minimum absolute atomic E-state index is 0.0145. The standard InChI is InChI=1S/C23H26F5N5O3S/c1-21(16-6-22(16,10-35-3)37-20(29)32-21)13-4-12(5-14(24)18(13)25)7-31-19(34)15-9-33(2)17(8-30-15)36-11-23(26,27)28/h4-5,8,16H,6-7,9-11H2,1-3H3,(H2,29,32)(H,31,34)/t16-,21+,22+/m0/s1. The van der Waals surface area contributed by atoms with Crippen molar-refractivity contribution in [3.63, 3.8) is 0 Å². The van der Waals surface area contributed by atoms with Crippen molar-refractivity contribution < 1.29 is 36.2 Å². The van der Waals surface area contributed by atoms with Crippen molar-refractivity contribution in [2.75, 3.05) is 33.9 Å². The van der Waals surface area contributed by atoms with E-state index in [1.54, 1.807) is 14.0 Å². The van der Waals surface area contributed by atoms with E-state index in [-0.39, 0.29) is 46.1 Å². The summed E-state index contributed by atoms with van der Waals surface area (Å²) in [5.41, 5.74) is 5.27. The molecule has 1 amide bonds. The second-order valence-corrected chi connectivity index (χ2v) is 10.8. The minimum atomic E-state index is -4.51. The van der Waals surface area contributed by atoms with Crippen LogP contribution in [0.4, 0.5) is 22.0 Å². The molecule has 1 aromatic rings. The highest BCUT2D eigenvalue weighted by Crippen LogP contribution is 2.66. The molecule has 37 heavy (non-hydrogen) atoms. The van der Waals surface area contributed by atoms with Crippen LogP contribution in [0, 0.1) is 17.6 Å². The largest absolute Gasteiger partial charge is 0.468 e. The van der Waals surface area contributed by atoms with Gasteiger partial charge in [0.15, 0.2) is 23.4 Å². The summed E-state index contributed by atoms with van der Waals surface area (Å²) in [5, 5.41) is 2.85. The van der Waals surface area contributed by atoms with E-state index in [1.807, 2.05) is 0 Å². The minimum Gasteiger partial charge on any atom is -0.468 e. The fraction of sp³-hybridized carbons (Fsp3) is 0.522. The molecule has 202 valence electrons. The molecule has 3 N–H and O–H groups in total. The highest BCUT2D eigenvalue weighted by Gasteiger charge is 2.66. The van der Waals surface area contributed by atoms with Gasteiger partial charge in [-0.05, 0) is 31.0 Å². The number of hydrogen-bond donors (Lipinski definition) is 2. The van der Waals surface area contributed by atoms with Gasteiger partial charge in [-0.25, -0.2) is 13.8 Å². The van der Waals surface area contributed by atoms with E-state index in [0.29, 0.717) is 18.6 Å². The third kappa shape index (κ3) is 5.54. The number of aliphatic imine (C=N–C) groups is 2. The number of carbonyl (C=O) groups is 1. The number of nitrogens with one attached hydrogen (secondary N) is 1. The number of amides is 1. The molecular weight excluding hydrogens is 521 g/mol. The van der Waals surface area contributed by atoms with Crippen LogP contribution in [0.2, 0.25) is 0 Å². The van der Waals surface area contributed by atoms with Crippen LogP contribution in [0.1, 0.15) is 24.5 Å². The van der Waals surface area contributed by atoms with E-state index in [9.17, 15) is 22.4 Å². The molecule has 4 rings (SSSR count). The lowest BCUT2D eigenvalue weighted by molar-refractivity contribution is -0.169. The van der Waals surface area contributed by atoms with Gasteiger partial charge >= 0.3 is 6.18 Å². The van der Waals surface area contributed by atoms with Crippen molar-refractivity contribution in [1.82, 2.24) is 10.2 Å². The predicted molar refractivity (Wildman–Crippen MR) is 128 cm³/mol. The number of alkyl halides is 3. The molecule has 0 saturated heterocycles. The maximum Gasteiger partial charge on any atom is 0.422 e. The van der Waals surface area contributed by atoms with Gasteiger partial charge in [0.1, 0.15) is 5.71 Å². The molecule has 0 radical (unpaired) electrons. The maximum absolute atomic E-state index is 15.0. The number of nitrogens with two attached hydrogens (primary N) is 1. The molecule has 1 saturated carbocycles. The summed E-state index contributed by atoms with van der Waals surface area (Å²) in [7, 11) is 3.01. The SMILES string of the molecule is COC[C@]12C[C@H]1[C@@](C)(c1cc(CNC(=O)C3=NC=C(OCC(F)(F)F)N(C)C3)cc(F)c1F)N=C(N)S2. The van der Waals surface area contributed by atoms with E-state index in [1.165, 1.54) is 29.8 Å². The number of thioether (sulfide) groups is 1. The number of amidine groups is 1. The van der Waals surface area contributed by atoms with Crippen molar-refractivity contribution in [3.8, 4) is 0 Å². The molecule has 3 aliphatic rings. The van der Waals surface area contributed by atoms with Crippen molar-refractivity contribution in [3.05, 3.63) is 47.0 Å². The van der Waals surface area contributed by atoms with Crippen molar-refractivity contribution in [2.45, 2.75) is 36.4 Å². The quantitative estimate of drug-likeness (QED) is 0.486. The highest BCUT2D eigenvalue weighted by atomic mass is 32.2. The van der Waals surface area contributed by atoms with Crippen molar-refractivity contribution >= 4 is 28.5 Å². The van der Waals surface area contributed by atoms with Crippen LogP contribution in [0.3, 0.4) is 0 Å². The Morgan fingerprint density at radius 3 is 2.73 bits per heavy atom. The van der Waals surface area contributed by atoms with Gasteiger partial charge in [0, 0.05) is 32.2 Å². The normalized spacial score (nSPS) is 27.1. The van der Waals surface area contributed by atoms with E-state index in [0.717, 1.165) is 12.3 Å². The number of fused-ring (bicyclic) bond motifs is 1. The third-order valence-corrected chi connectivity index (χ3v) is 7.84. The predicted octanol–water partition coefficient (Wildman–Crippen LogP) is 3.03. The topological polar surface area (TPSA) is 102 Å². The van der Waals surface area contributed by atoms with E-state index >= 15 is 4.39 Å². The van der Waals surface area contributed by atoms with Gasteiger partial charge in [0.2, 0.25) is 5.88 Å². The lowest BCUT2D eigenvalue weighted by Gasteiger charge is -2.34. The van der Waals surface area contributed by atoms with Crippen LogP contribution in [-0.4, -0.2) is 66.5 Å². The third-order valence-electron chi connectivity index (χ3n) is 6.57. The summed E-state index contributed by atoms with van der Waals surface area (Å²) in [6.07, 6.45) is -2.82. The Kier molecular flexibility index (Phi) is 7.18. The summed E-state index contributed by atoms with van der Waals surface area (Å²) in [6, 6.07) is 2.44. The van der Waals surface area contributed by atoms with Crippen LogP contribution < -0.4 is 11.1 Å². The Morgan fingerprint density at radius 2 is 2.08 bits per heavy atom. The molecule has 1 aromatic carbocycles. The Bertz CT molecular complexity index is 1190. The first-order valence-electron chi connectivity index (χ1n) is 11.3. The van der Waals surface area contributed by atoms with Crippen molar-refractivity contribution in [2.24, 2.45) is 21.6 Å². The fourth-order valence-electron chi connectivity index (χ4n) is 4.74. The summed E-state index contributed by atoms with van der Waals surface area (Å²) in [5.74, 6) is -3.00. The first-order valence-corrected chi connectivity index (χ1v) is 12.1. The monoisotopic (exact) mass is 547 g/mol. The first-order chi connectivity index (χ1) is 17.3. The number of carbonyl (C=O) groups excluding carboxylic acids is 1. The average molecular weight is 548 g/mol. The number of rotatable bonds is 8. The highest BCUT2D eigenvalue weighted by molar-refractivity contribution is 8.15. The molecule has 2 heterocycles. The van der Waals surface area contributed by atoms with Crippen molar-refractivity contribution in [1.29, 1.82) is 0 Å². The molecule has 3 atom stereocenters. The number of ether oxygens (including phenoxy) is 2. The van der Waals surface area contributed by atoms with Crippen LogP contribution in [0.25, 0.3) is 0 Å². The molecule has 2 aliphatic heterocycles. The molecule has 8 nitrogen and oxygen atoms in total. The van der Waals surface area contributed by atoms with Gasteiger partial charge in [-0.2, -0.15) is 13.2 Å². The summed E-state index contributed by atoms with van der Waals surface area (Å²) in [6.45, 7) is 0.358. The van der Waals surface area contributed by atoms with Gasteiger partial charge in [-0.3, -0.25) is 9.79 Å². The molecule has 0 unspecified atom stereocenters. The van der Waals surface area contributed by atoms with Crippen LogP contribution in [0.5, 0.6) is 0 Å². The number of hydrogen-bond acceptors (Lipinski definition) is 8. The number of benzene rings is 1. The van der Waals surface area contributed by atoms with Crippen LogP contribution in [-0.2, 0) is 26.4 Å². The van der Waals surface area contributed by atoms with Gasteiger partial charge in [0.05, 0.1) is 29.6 Å².